The van der Waals surface area contributed by atoms with E-state index >= 15 is 0 Å². The van der Waals surface area contributed by atoms with Crippen molar-refractivity contribution in [3.05, 3.63) is 28.2 Å². The summed E-state index contributed by atoms with van der Waals surface area (Å²) in [6.45, 7) is 0.692. The zero-order chi connectivity index (χ0) is 12.3. The third-order valence-electron chi connectivity index (χ3n) is 2.78. The van der Waals surface area contributed by atoms with Crippen LogP contribution in [0.5, 0.6) is 5.75 Å². The largest absolute Gasteiger partial charge is 0.507 e. The number of aromatic hydroxyl groups is 1. The van der Waals surface area contributed by atoms with Crippen LogP contribution in [0.1, 0.15) is 16.8 Å². The number of nitrogens with one attached hydrogen (secondary N) is 1. The Morgan fingerprint density at radius 3 is 3.12 bits per heavy atom. The molecule has 1 atom stereocenters. The summed E-state index contributed by atoms with van der Waals surface area (Å²) in [5.41, 5.74) is 0.324. The number of carbonyl (C=O) groups excluding carboxylic acids is 1. The molecule has 0 bridgehead atoms. The number of phenols is 1. The van der Waals surface area contributed by atoms with Crippen molar-refractivity contribution in [2.75, 3.05) is 18.1 Å². The number of thioether (sulfide) groups is 1. The fourth-order valence-corrected chi connectivity index (χ4v) is 3.41. The van der Waals surface area contributed by atoms with E-state index in [4.69, 9.17) is 0 Å². The van der Waals surface area contributed by atoms with E-state index < -0.39 is 0 Å². The average molecular weight is 316 g/mol. The first-order valence-electron chi connectivity index (χ1n) is 5.51. The van der Waals surface area contributed by atoms with Gasteiger partial charge < -0.3 is 10.4 Å². The molecule has 1 unspecified atom stereocenters. The standard InChI is InChI=1S/C12H14BrNO2S/c13-9-1-2-11(15)10(5-9)12(16)14-6-8-3-4-17-7-8/h1-2,5,8,15H,3-4,6-7H2,(H,14,16). The molecule has 17 heavy (non-hydrogen) atoms. The maximum absolute atomic E-state index is 11.9. The number of rotatable bonds is 3. The Morgan fingerprint density at radius 2 is 2.41 bits per heavy atom. The summed E-state index contributed by atoms with van der Waals surface area (Å²) in [7, 11) is 0. The zero-order valence-electron chi connectivity index (χ0n) is 9.28. The summed E-state index contributed by atoms with van der Waals surface area (Å²) in [4.78, 5) is 11.9. The van der Waals surface area contributed by atoms with Gasteiger partial charge in [0, 0.05) is 11.0 Å². The molecule has 3 nitrogen and oxygen atoms in total. The van der Waals surface area contributed by atoms with Crippen LogP contribution in [0.2, 0.25) is 0 Å². The third kappa shape index (κ3) is 3.39. The lowest BCUT2D eigenvalue weighted by Crippen LogP contribution is -2.29. The Hall–Kier alpha value is -0.680. The van der Waals surface area contributed by atoms with Gasteiger partial charge in [-0.15, -0.1) is 0 Å². The van der Waals surface area contributed by atoms with Gasteiger partial charge in [-0.25, -0.2) is 0 Å². The average Bonchev–Trinajstić information content (AvgIpc) is 2.82. The molecule has 0 saturated carbocycles. The van der Waals surface area contributed by atoms with E-state index in [0.717, 1.165) is 16.6 Å². The molecule has 2 N–H and O–H groups in total. The van der Waals surface area contributed by atoms with Crippen molar-refractivity contribution in [2.45, 2.75) is 6.42 Å². The fourth-order valence-electron chi connectivity index (χ4n) is 1.77. The summed E-state index contributed by atoms with van der Waals surface area (Å²) in [5.74, 6) is 2.68. The number of amides is 1. The van der Waals surface area contributed by atoms with Crippen LogP contribution < -0.4 is 5.32 Å². The summed E-state index contributed by atoms with van der Waals surface area (Å²) in [6.07, 6.45) is 1.16. The van der Waals surface area contributed by atoms with Gasteiger partial charge in [0.2, 0.25) is 0 Å². The monoisotopic (exact) mass is 315 g/mol. The summed E-state index contributed by atoms with van der Waals surface area (Å²) in [5, 5.41) is 12.5. The molecule has 1 aliphatic rings. The molecule has 1 amide bonds. The minimum Gasteiger partial charge on any atom is -0.507 e. The van der Waals surface area contributed by atoms with Gasteiger partial charge in [-0.2, -0.15) is 11.8 Å². The first kappa shape index (κ1) is 12.8. The van der Waals surface area contributed by atoms with Crippen molar-refractivity contribution in [2.24, 2.45) is 5.92 Å². The second-order valence-electron chi connectivity index (χ2n) is 4.10. The second kappa shape index (κ2) is 5.78. The normalized spacial score (nSPS) is 19.2. The molecular formula is C12H14BrNO2S. The van der Waals surface area contributed by atoms with Gasteiger partial charge in [-0.1, -0.05) is 15.9 Å². The Labute approximate surface area is 113 Å². The predicted molar refractivity (Wildman–Crippen MR) is 73.6 cm³/mol. The number of phenolic OH excluding ortho intramolecular Hbond substituents is 1. The molecule has 0 spiro atoms. The molecule has 2 rings (SSSR count). The van der Waals surface area contributed by atoms with Crippen molar-refractivity contribution < 1.29 is 9.90 Å². The molecule has 1 fully saturated rings. The van der Waals surface area contributed by atoms with Gasteiger partial charge in [0.05, 0.1) is 5.56 Å². The highest BCUT2D eigenvalue weighted by Gasteiger charge is 2.17. The summed E-state index contributed by atoms with van der Waals surface area (Å²) < 4.78 is 0.789. The van der Waals surface area contributed by atoms with E-state index in [1.54, 1.807) is 12.1 Å². The summed E-state index contributed by atoms with van der Waals surface area (Å²) >= 11 is 5.21. The van der Waals surface area contributed by atoms with Crippen molar-refractivity contribution in [1.82, 2.24) is 5.32 Å². The Balaban J connectivity index is 1.96. The second-order valence-corrected chi connectivity index (χ2v) is 6.17. The van der Waals surface area contributed by atoms with Gasteiger partial charge in [0.15, 0.2) is 0 Å². The van der Waals surface area contributed by atoms with Crippen molar-refractivity contribution in [1.29, 1.82) is 0 Å². The van der Waals surface area contributed by atoms with Gasteiger partial charge in [-0.3, -0.25) is 4.79 Å². The quantitative estimate of drug-likeness (QED) is 0.901. The highest BCUT2D eigenvalue weighted by Crippen LogP contribution is 2.24. The van der Waals surface area contributed by atoms with Crippen LogP contribution in [0.15, 0.2) is 22.7 Å². The smallest absolute Gasteiger partial charge is 0.255 e. The molecule has 1 saturated heterocycles. The van der Waals surface area contributed by atoms with E-state index in [9.17, 15) is 9.90 Å². The van der Waals surface area contributed by atoms with E-state index in [1.165, 1.54) is 11.8 Å². The predicted octanol–water partition coefficient (Wildman–Crippen LogP) is 2.64. The minimum atomic E-state index is -0.208. The number of carbonyl (C=O) groups is 1. The van der Waals surface area contributed by atoms with Crippen LogP contribution in [0.25, 0.3) is 0 Å². The van der Waals surface area contributed by atoms with Gasteiger partial charge in [0.1, 0.15) is 5.75 Å². The maximum Gasteiger partial charge on any atom is 0.255 e. The molecule has 0 aliphatic carbocycles. The molecule has 1 heterocycles. The highest BCUT2D eigenvalue weighted by molar-refractivity contribution is 9.10. The van der Waals surface area contributed by atoms with Crippen molar-refractivity contribution in [3.63, 3.8) is 0 Å². The van der Waals surface area contributed by atoms with Gasteiger partial charge >= 0.3 is 0 Å². The molecule has 1 aromatic carbocycles. The molecule has 92 valence electrons. The topological polar surface area (TPSA) is 49.3 Å². The van der Waals surface area contributed by atoms with E-state index in [2.05, 4.69) is 21.2 Å². The fraction of sp³-hybridized carbons (Fsp3) is 0.417. The molecule has 1 aromatic rings. The Kier molecular flexibility index (Phi) is 4.34. The van der Waals surface area contributed by atoms with Crippen LogP contribution in [-0.4, -0.2) is 29.1 Å². The zero-order valence-corrected chi connectivity index (χ0v) is 11.7. The van der Waals surface area contributed by atoms with Crippen LogP contribution in [0, 0.1) is 5.92 Å². The van der Waals surface area contributed by atoms with E-state index in [0.29, 0.717) is 18.0 Å². The van der Waals surface area contributed by atoms with E-state index in [-0.39, 0.29) is 11.7 Å². The number of hydrogen-bond acceptors (Lipinski definition) is 3. The van der Waals surface area contributed by atoms with Crippen LogP contribution in [0.3, 0.4) is 0 Å². The highest BCUT2D eigenvalue weighted by atomic mass is 79.9. The SMILES string of the molecule is O=C(NCC1CCSC1)c1cc(Br)ccc1O. The summed E-state index contributed by atoms with van der Waals surface area (Å²) in [6, 6.07) is 4.86. The molecular weight excluding hydrogens is 302 g/mol. The van der Waals surface area contributed by atoms with Gasteiger partial charge in [-0.05, 0) is 42.0 Å². The van der Waals surface area contributed by atoms with Crippen LogP contribution in [-0.2, 0) is 0 Å². The van der Waals surface area contributed by atoms with Crippen molar-refractivity contribution in [3.8, 4) is 5.75 Å². The van der Waals surface area contributed by atoms with Crippen LogP contribution in [0.4, 0.5) is 0 Å². The molecule has 0 radical (unpaired) electrons. The lowest BCUT2D eigenvalue weighted by atomic mass is 10.1. The number of hydrogen-bond donors (Lipinski definition) is 2. The van der Waals surface area contributed by atoms with Crippen molar-refractivity contribution >= 4 is 33.6 Å². The lowest BCUT2D eigenvalue weighted by molar-refractivity contribution is 0.0946. The number of benzene rings is 1. The minimum absolute atomic E-state index is 0.0199. The Morgan fingerprint density at radius 1 is 1.59 bits per heavy atom. The molecule has 1 aliphatic heterocycles. The molecule has 0 aromatic heterocycles. The first-order chi connectivity index (χ1) is 8.16. The molecule has 5 heteroatoms. The Bertz CT molecular complexity index is 419. The number of halogens is 1. The third-order valence-corrected chi connectivity index (χ3v) is 4.50. The van der Waals surface area contributed by atoms with E-state index in [1.807, 2.05) is 11.8 Å². The maximum atomic E-state index is 11.9. The first-order valence-corrected chi connectivity index (χ1v) is 7.46. The van der Waals surface area contributed by atoms with Gasteiger partial charge in [0.25, 0.3) is 5.91 Å². The van der Waals surface area contributed by atoms with Crippen LogP contribution >= 0.6 is 27.7 Å². The lowest BCUT2D eigenvalue weighted by Gasteiger charge is -2.11.